The maximum atomic E-state index is 11.6. The van der Waals surface area contributed by atoms with Gasteiger partial charge in [-0.3, -0.25) is 9.59 Å². The van der Waals surface area contributed by atoms with Gasteiger partial charge in [0.1, 0.15) is 21.2 Å². The number of fused-ring (bicyclic) bond motifs is 1. The van der Waals surface area contributed by atoms with Crippen molar-refractivity contribution in [2.24, 2.45) is 5.73 Å². The molecule has 0 aliphatic rings. The summed E-state index contributed by atoms with van der Waals surface area (Å²) in [5.74, 6) is 0.413. The molecule has 8 heteroatoms. The molecule has 0 unspecified atom stereocenters. The Morgan fingerprint density at radius 3 is 2.59 bits per heavy atom. The molecule has 4 N–H and O–H groups in total. The molecule has 0 saturated carbocycles. The number of primary amides is 1. The first-order valence-corrected chi connectivity index (χ1v) is 10.1. The first-order valence-electron chi connectivity index (χ1n) is 9.31. The lowest BCUT2D eigenvalue weighted by Gasteiger charge is -2.09. The molecular weight excluding hydrogens is 390 g/mol. The number of nitrogens with two attached hydrogens (primary N) is 2. The second-order valence-corrected chi connectivity index (χ2v) is 7.55. The van der Waals surface area contributed by atoms with Crippen LogP contribution in [0.2, 0.25) is 0 Å². The van der Waals surface area contributed by atoms with E-state index in [1.165, 1.54) is 0 Å². The van der Waals surface area contributed by atoms with Crippen molar-refractivity contribution in [1.82, 2.24) is 4.98 Å². The van der Waals surface area contributed by atoms with Crippen LogP contribution in [0.4, 0.5) is 5.69 Å². The van der Waals surface area contributed by atoms with Gasteiger partial charge in [-0.15, -0.1) is 11.3 Å². The SMILES string of the molecule is CCOC(=O)CCCc1ccc(Oc2cc(C)nc3sc(C(N)=O)c(N)c23)cc1. The molecule has 0 fully saturated rings. The van der Waals surface area contributed by atoms with Crippen molar-refractivity contribution in [3.8, 4) is 11.5 Å². The molecule has 2 heterocycles. The molecule has 1 amide bonds. The molecule has 3 aromatic rings. The number of nitrogens with zero attached hydrogens (tertiary/aromatic N) is 1. The fraction of sp³-hybridized carbons (Fsp3) is 0.286. The third-order valence-corrected chi connectivity index (χ3v) is 5.43. The van der Waals surface area contributed by atoms with E-state index in [0.717, 1.165) is 35.4 Å². The van der Waals surface area contributed by atoms with Crippen LogP contribution in [0.25, 0.3) is 10.2 Å². The Balaban J connectivity index is 1.75. The van der Waals surface area contributed by atoms with Gasteiger partial charge in [-0.1, -0.05) is 12.1 Å². The zero-order valence-electron chi connectivity index (χ0n) is 16.4. The minimum absolute atomic E-state index is 0.173. The molecule has 0 aliphatic carbocycles. The molecule has 0 radical (unpaired) electrons. The van der Waals surface area contributed by atoms with E-state index in [-0.39, 0.29) is 16.5 Å². The number of esters is 1. The van der Waals surface area contributed by atoms with E-state index < -0.39 is 5.91 Å². The molecule has 0 bridgehead atoms. The van der Waals surface area contributed by atoms with Gasteiger partial charge in [0.15, 0.2) is 0 Å². The topological polar surface area (TPSA) is 118 Å². The molecule has 3 rings (SSSR count). The van der Waals surface area contributed by atoms with Crippen LogP contribution in [0.15, 0.2) is 30.3 Å². The number of anilines is 1. The third-order valence-electron chi connectivity index (χ3n) is 4.32. The summed E-state index contributed by atoms with van der Waals surface area (Å²) >= 11 is 1.16. The first kappa shape index (κ1) is 20.6. The predicted molar refractivity (Wildman–Crippen MR) is 113 cm³/mol. The molecule has 7 nitrogen and oxygen atoms in total. The monoisotopic (exact) mass is 413 g/mol. The molecule has 0 saturated heterocycles. The van der Waals surface area contributed by atoms with E-state index in [4.69, 9.17) is 20.9 Å². The number of hydrogen-bond donors (Lipinski definition) is 2. The summed E-state index contributed by atoms with van der Waals surface area (Å²) < 4.78 is 11.0. The van der Waals surface area contributed by atoms with Gasteiger partial charge < -0.3 is 20.9 Å². The highest BCUT2D eigenvalue weighted by atomic mass is 32.1. The van der Waals surface area contributed by atoms with E-state index in [1.807, 2.05) is 31.2 Å². The van der Waals surface area contributed by atoms with E-state index in [9.17, 15) is 9.59 Å². The van der Waals surface area contributed by atoms with Gasteiger partial charge in [0.2, 0.25) is 0 Å². The number of benzene rings is 1. The Labute approximate surface area is 172 Å². The molecule has 0 atom stereocenters. The number of pyridine rings is 1. The highest BCUT2D eigenvalue weighted by molar-refractivity contribution is 7.21. The Kier molecular flexibility index (Phi) is 6.33. The van der Waals surface area contributed by atoms with Gasteiger partial charge in [0.25, 0.3) is 5.91 Å². The molecule has 152 valence electrons. The van der Waals surface area contributed by atoms with Gasteiger partial charge >= 0.3 is 5.97 Å². The number of ether oxygens (including phenoxy) is 2. The van der Waals surface area contributed by atoms with Crippen LogP contribution in [-0.2, 0) is 16.0 Å². The average molecular weight is 413 g/mol. The number of aromatic nitrogens is 1. The highest BCUT2D eigenvalue weighted by Gasteiger charge is 2.19. The summed E-state index contributed by atoms with van der Waals surface area (Å²) in [5, 5.41) is 0.591. The molecule has 1 aromatic carbocycles. The number of thiophene rings is 1. The van der Waals surface area contributed by atoms with Crippen molar-refractivity contribution in [2.45, 2.75) is 33.1 Å². The van der Waals surface area contributed by atoms with Gasteiger partial charge in [-0.05, 0) is 44.4 Å². The number of carbonyl (C=O) groups excluding carboxylic acids is 2. The fourth-order valence-electron chi connectivity index (χ4n) is 2.99. The lowest BCUT2D eigenvalue weighted by Crippen LogP contribution is -2.10. The van der Waals surface area contributed by atoms with Crippen molar-refractivity contribution in [3.63, 3.8) is 0 Å². The van der Waals surface area contributed by atoms with Gasteiger partial charge in [-0.2, -0.15) is 0 Å². The van der Waals surface area contributed by atoms with Crippen molar-refractivity contribution < 1.29 is 19.1 Å². The normalized spacial score (nSPS) is 10.8. The smallest absolute Gasteiger partial charge is 0.305 e. The predicted octanol–water partition coefficient (Wildman–Crippen LogP) is 3.96. The van der Waals surface area contributed by atoms with Gasteiger partial charge in [-0.25, -0.2) is 4.98 Å². The summed E-state index contributed by atoms with van der Waals surface area (Å²) in [6, 6.07) is 9.41. The van der Waals surface area contributed by atoms with Gasteiger partial charge in [0.05, 0.1) is 17.7 Å². The molecule has 0 aliphatic heterocycles. The lowest BCUT2D eigenvalue weighted by molar-refractivity contribution is -0.143. The van der Waals surface area contributed by atoms with Crippen molar-refractivity contribution in [3.05, 3.63) is 46.5 Å². The zero-order valence-corrected chi connectivity index (χ0v) is 17.2. The number of hydrogen-bond acceptors (Lipinski definition) is 7. The van der Waals surface area contributed by atoms with Crippen molar-refractivity contribution in [2.75, 3.05) is 12.3 Å². The fourth-order valence-corrected chi connectivity index (χ4v) is 4.00. The summed E-state index contributed by atoms with van der Waals surface area (Å²) in [6.07, 6.45) is 1.90. The van der Waals surface area contributed by atoms with E-state index >= 15 is 0 Å². The first-order chi connectivity index (χ1) is 13.9. The van der Waals surface area contributed by atoms with E-state index in [0.29, 0.717) is 34.7 Å². The third kappa shape index (κ3) is 4.83. The Hall–Kier alpha value is -3.13. The van der Waals surface area contributed by atoms with Crippen LogP contribution >= 0.6 is 11.3 Å². The maximum Gasteiger partial charge on any atom is 0.305 e. The summed E-state index contributed by atoms with van der Waals surface area (Å²) in [6.45, 7) is 4.05. The number of rotatable bonds is 8. The minimum Gasteiger partial charge on any atom is -0.466 e. The second-order valence-electron chi connectivity index (χ2n) is 6.56. The van der Waals surface area contributed by atoms with E-state index in [1.54, 1.807) is 13.0 Å². The minimum atomic E-state index is -0.582. The quantitative estimate of drug-likeness (QED) is 0.540. The van der Waals surface area contributed by atoms with Gasteiger partial charge in [0, 0.05) is 18.2 Å². The van der Waals surface area contributed by atoms with Crippen LogP contribution < -0.4 is 16.2 Å². The molecule has 2 aromatic heterocycles. The molecule has 29 heavy (non-hydrogen) atoms. The van der Waals surface area contributed by atoms with Crippen molar-refractivity contribution >= 4 is 39.1 Å². The summed E-state index contributed by atoms with van der Waals surface area (Å²) in [5.41, 5.74) is 13.7. The maximum absolute atomic E-state index is 11.6. The molecule has 0 spiro atoms. The highest BCUT2D eigenvalue weighted by Crippen LogP contribution is 2.40. The molecular formula is C21H23N3O4S. The zero-order chi connectivity index (χ0) is 21.0. The second kappa shape index (κ2) is 8.91. The average Bonchev–Trinajstić information content (AvgIpc) is 3.00. The van der Waals surface area contributed by atoms with Crippen LogP contribution in [0.1, 0.15) is 40.7 Å². The summed E-state index contributed by atoms with van der Waals surface area (Å²) in [7, 11) is 0. The van der Waals surface area contributed by atoms with Crippen LogP contribution in [0, 0.1) is 6.92 Å². The van der Waals surface area contributed by atoms with E-state index in [2.05, 4.69) is 4.98 Å². The lowest BCUT2D eigenvalue weighted by atomic mass is 10.1. The number of nitrogen functional groups attached to an aromatic ring is 1. The largest absolute Gasteiger partial charge is 0.466 e. The number of amides is 1. The van der Waals surface area contributed by atoms with Crippen molar-refractivity contribution in [1.29, 1.82) is 0 Å². The van der Waals surface area contributed by atoms with Crippen LogP contribution in [-0.4, -0.2) is 23.5 Å². The van der Waals surface area contributed by atoms with Crippen LogP contribution in [0.3, 0.4) is 0 Å². The standard InChI is InChI=1S/C21H23N3O4S/c1-3-27-16(25)6-4-5-13-7-9-14(10-8-13)28-15-11-12(2)24-21-17(15)18(22)19(29-21)20(23)26/h7-11H,3-6,22H2,1-2H3,(H2,23,26). The van der Waals surface area contributed by atoms with Crippen LogP contribution in [0.5, 0.6) is 11.5 Å². The Morgan fingerprint density at radius 2 is 1.93 bits per heavy atom. The Bertz CT molecular complexity index is 1040. The Morgan fingerprint density at radius 1 is 1.21 bits per heavy atom. The number of carbonyl (C=O) groups is 2. The number of aryl methyl sites for hydroxylation is 2. The summed E-state index contributed by atoms with van der Waals surface area (Å²) in [4.78, 5) is 28.3.